The number of hydrogen-bond donors (Lipinski definition) is 1. The molecule has 2 aromatic heterocycles. The van der Waals surface area contributed by atoms with Crippen molar-refractivity contribution in [2.45, 2.75) is 39.3 Å². The van der Waals surface area contributed by atoms with Crippen molar-refractivity contribution < 1.29 is 4.79 Å². The molecule has 0 spiro atoms. The number of nitrogens with one attached hydrogen (secondary N) is 1. The first kappa shape index (κ1) is 16.2. The van der Waals surface area contributed by atoms with Gasteiger partial charge in [-0.05, 0) is 61.5 Å². The second kappa shape index (κ2) is 7.30. The zero-order chi connectivity index (χ0) is 16.9. The summed E-state index contributed by atoms with van der Waals surface area (Å²) in [6.45, 7) is 5.07. The molecule has 0 bridgehead atoms. The lowest BCUT2D eigenvalue weighted by Gasteiger charge is -2.13. The molecular weight excluding hydrogens is 298 g/mol. The molecule has 0 aliphatic rings. The molecule has 0 aliphatic carbocycles. The lowest BCUT2D eigenvalue weighted by Crippen LogP contribution is -2.27. The Morgan fingerprint density at radius 1 is 1.25 bits per heavy atom. The van der Waals surface area contributed by atoms with Crippen molar-refractivity contribution in [3.8, 4) is 0 Å². The van der Waals surface area contributed by atoms with Gasteiger partial charge >= 0.3 is 0 Å². The number of rotatable bonds is 6. The molecule has 0 unspecified atom stereocenters. The minimum Gasteiger partial charge on any atom is -0.348 e. The maximum atomic E-state index is 12.2. The second-order valence-corrected chi connectivity index (χ2v) is 6.04. The molecule has 4 heteroatoms. The van der Waals surface area contributed by atoms with E-state index in [1.54, 1.807) is 6.20 Å². The smallest absolute Gasteiger partial charge is 0.220 e. The van der Waals surface area contributed by atoms with Gasteiger partial charge in [0.05, 0.1) is 11.7 Å². The maximum absolute atomic E-state index is 12.2. The summed E-state index contributed by atoms with van der Waals surface area (Å²) in [5.41, 5.74) is 3.32. The second-order valence-electron chi connectivity index (χ2n) is 6.04. The third-order valence-corrected chi connectivity index (χ3v) is 4.33. The summed E-state index contributed by atoms with van der Waals surface area (Å²) in [6.07, 6.45) is 5.08. The van der Waals surface area contributed by atoms with Crippen LogP contribution >= 0.6 is 0 Å². The molecule has 1 amide bonds. The third kappa shape index (κ3) is 3.65. The van der Waals surface area contributed by atoms with E-state index < -0.39 is 0 Å². The summed E-state index contributed by atoms with van der Waals surface area (Å²) in [4.78, 5) is 16.4. The molecule has 1 N–H and O–H groups in total. The van der Waals surface area contributed by atoms with Gasteiger partial charge in [0.2, 0.25) is 5.91 Å². The van der Waals surface area contributed by atoms with Gasteiger partial charge in [0.25, 0.3) is 0 Å². The van der Waals surface area contributed by atoms with Gasteiger partial charge in [-0.3, -0.25) is 9.78 Å². The SMILES string of the molecule is CCn1ccc2cc(CCC(=O)N[C@@H](C)c3ccccn3)ccc21. The van der Waals surface area contributed by atoms with Gasteiger partial charge < -0.3 is 9.88 Å². The first-order valence-electron chi connectivity index (χ1n) is 8.45. The van der Waals surface area contributed by atoms with Gasteiger partial charge in [0.1, 0.15) is 0 Å². The molecule has 0 aliphatic heterocycles. The first-order valence-corrected chi connectivity index (χ1v) is 8.45. The van der Waals surface area contributed by atoms with Crippen LogP contribution < -0.4 is 5.32 Å². The fourth-order valence-corrected chi connectivity index (χ4v) is 2.96. The minimum atomic E-state index is -0.0697. The van der Waals surface area contributed by atoms with E-state index in [0.717, 1.165) is 18.7 Å². The standard InChI is InChI=1S/C20H23N3O/c1-3-23-13-11-17-14-16(7-9-19(17)23)8-10-20(24)22-15(2)18-6-4-5-12-21-18/h4-7,9,11-15H,3,8,10H2,1-2H3,(H,22,24)/t15-/m0/s1. The van der Waals surface area contributed by atoms with Crippen molar-refractivity contribution in [3.63, 3.8) is 0 Å². The largest absolute Gasteiger partial charge is 0.348 e. The van der Waals surface area contributed by atoms with E-state index in [1.165, 1.54) is 16.5 Å². The summed E-state index contributed by atoms with van der Waals surface area (Å²) in [7, 11) is 0. The predicted octanol–water partition coefficient (Wildman–Crippen LogP) is 3.87. The molecule has 124 valence electrons. The molecule has 0 radical (unpaired) electrons. The number of fused-ring (bicyclic) bond motifs is 1. The Labute approximate surface area is 142 Å². The Bertz CT molecular complexity index is 823. The highest BCUT2D eigenvalue weighted by molar-refractivity contribution is 5.81. The van der Waals surface area contributed by atoms with E-state index in [-0.39, 0.29) is 11.9 Å². The molecule has 3 rings (SSSR count). The van der Waals surface area contributed by atoms with E-state index in [0.29, 0.717) is 6.42 Å². The number of carbonyl (C=O) groups excluding carboxylic acids is 1. The van der Waals surface area contributed by atoms with Crippen LogP contribution in [0.1, 0.15) is 37.6 Å². The van der Waals surface area contributed by atoms with Crippen molar-refractivity contribution >= 4 is 16.8 Å². The van der Waals surface area contributed by atoms with E-state index in [1.807, 2.05) is 25.1 Å². The van der Waals surface area contributed by atoms with Crippen LogP contribution in [0.3, 0.4) is 0 Å². The topological polar surface area (TPSA) is 46.9 Å². The highest BCUT2D eigenvalue weighted by Crippen LogP contribution is 2.18. The molecule has 24 heavy (non-hydrogen) atoms. The fraction of sp³-hybridized carbons (Fsp3) is 0.300. The fourth-order valence-electron chi connectivity index (χ4n) is 2.96. The average molecular weight is 321 g/mol. The molecule has 0 saturated heterocycles. The number of benzene rings is 1. The van der Waals surface area contributed by atoms with E-state index in [2.05, 4.69) is 52.3 Å². The first-order chi connectivity index (χ1) is 11.7. The van der Waals surface area contributed by atoms with E-state index in [4.69, 9.17) is 0 Å². The van der Waals surface area contributed by atoms with Gasteiger partial charge in [0, 0.05) is 30.9 Å². The highest BCUT2D eigenvalue weighted by Gasteiger charge is 2.10. The van der Waals surface area contributed by atoms with E-state index >= 15 is 0 Å². The molecule has 4 nitrogen and oxygen atoms in total. The van der Waals surface area contributed by atoms with Gasteiger partial charge in [-0.1, -0.05) is 12.1 Å². The Kier molecular flexibility index (Phi) is 4.94. The molecule has 2 heterocycles. The number of carbonyl (C=O) groups is 1. The summed E-state index contributed by atoms with van der Waals surface area (Å²) in [6, 6.07) is 14.2. The molecule has 1 aromatic carbocycles. The number of pyridine rings is 1. The summed E-state index contributed by atoms with van der Waals surface area (Å²) < 4.78 is 2.22. The molecule has 1 atom stereocenters. The van der Waals surface area contributed by atoms with Crippen LogP contribution in [0.4, 0.5) is 0 Å². The Hall–Kier alpha value is -2.62. The van der Waals surface area contributed by atoms with Crippen molar-refractivity contribution in [2.75, 3.05) is 0 Å². The van der Waals surface area contributed by atoms with Crippen LogP contribution in [0.2, 0.25) is 0 Å². The van der Waals surface area contributed by atoms with Crippen molar-refractivity contribution in [3.05, 3.63) is 66.1 Å². The number of amides is 1. The van der Waals surface area contributed by atoms with Gasteiger partial charge in [-0.15, -0.1) is 0 Å². The number of nitrogens with zero attached hydrogens (tertiary/aromatic N) is 2. The molecule has 0 saturated carbocycles. The predicted molar refractivity (Wildman–Crippen MR) is 96.7 cm³/mol. The minimum absolute atomic E-state index is 0.0550. The van der Waals surface area contributed by atoms with Crippen molar-refractivity contribution in [1.29, 1.82) is 0 Å². The van der Waals surface area contributed by atoms with Crippen LogP contribution in [0.25, 0.3) is 10.9 Å². The zero-order valence-electron chi connectivity index (χ0n) is 14.2. The van der Waals surface area contributed by atoms with Crippen LogP contribution in [0.15, 0.2) is 54.9 Å². The Balaban J connectivity index is 1.58. The zero-order valence-corrected chi connectivity index (χ0v) is 14.2. The van der Waals surface area contributed by atoms with Crippen LogP contribution in [0, 0.1) is 0 Å². The Morgan fingerprint density at radius 3 is 2.88 bits per heavy atom. The monoisotopic (exact) mass is 321 g/mol. The van der Waals surface area contributed by atoms with Gasteiger partial charge in [0.15, 0.2) is 0 Å². The third-order valence-electron chi connectivity index (χ3n) is 4.33. The number of hydrogen-bond acceptors (Lipinski definition) is 2. The van der Waals surface area contributed by atoms with Crippen LogP contribution in [-0.4, -0.2) is 15.5 Å². The highest BCUT2D eigenvalue weighted by atomic mass is 16.1. The van der Waals surface area contributed by atoms with Crippen molar-refractivity contribution in [2.24, 2.45) is 0 Å². The van der Waals surface area contributed by atoms with E-state index in [9.17, 15) is 4.79 Å². The lowest BCUT2D eigenvalue weighted by molar-refractivity contribution is -0.121. The Morgan fingerprint density at radius 2 is 2.12 bits per heavy atom. The van der Waals surface area contributed by atoms with Gasteiger partial charge in [-0.2, -0.15) is 0 Å². The maximum Gasteiger partial charge on any atom is 0.220 e. The molecule has 0 fully saturated rings. The summed E-state index contributed by atoms with van der Waals surface area (Å²) in [5, 5.41) is 4.24. The molecule has 3 aromatic rings. The number of aryl methyl sites for hydroxylation is 2. The normalized spacial score (nSPS) is 12.2. The summed E-state index contributed by atoms with van der Waals surface area (Å²) >= 11 is 0. The number of aromatic nitrogens is 2. The van der Waals surface area contributed by atoms with Crippen molar-refractivity contribution in [1.82, 2.24) is 14.9 Å². The summed E-state index contributed by atoms with van der Waals surface area (Å²) in [5.74, 6) is 0.0550. The van der Waals surface area contributed by atoms with Crippen LogP contribution in [-0.2, 0) is 17.8 Å². The average Bonchev–Trinajstić information content (AvgIpc) is 3.03. The lowest BCUT2D eigenvalue weighted by atomic mass is 10.1. The van der Waals surface area contributed by atoms with Crippen LogP contribution in [0.5, 0.6) is 0 Å². The van der Waals surface area contributed by atoms with Gasteiger partial charge in [-0.25, -0.2) is 0 Å². The quantitative estimate of drug-likeness (QED) is 0.749. The molecular formula is C20H23N3O.